The Bertz CT molecular complexity index is 349. The lowest BCUT2D eigenvalue weighted by molar-refractivity contribution is 0.450. The molecule has 14 heavy (non-hydrogen) atoms. The molecule has 1 unspecified atom stereocenters. The van der Waals surface area contributed by atoms with E-state index in [1.807, 2.05) is 0 Å². The Morgan fingerprint density at radius 2 is 2.00 bits per heavy atom. The van der Waals surface area contributed by atoms with Crippen LogP contribution in [0.15, 0.2) is 12.1 Å². The summed E-state index contributed by atoms with van der Waals surface area (Å²) in [4.78, 5) is 0. The fourth-order valence-electron chi connectivity index (χ4n) is 2.16. The number of hydrogen-bond acceptors (Lipinski definition) is 1. The van der Waals surface area contributed by atoms with Crippen molar-refractivity contribution in [1.82, 2.24) is 5.32 Å². The molecule has 0 amide bonds. The van der Waals surface area contributed by atoms with E-state index in [0.717, 1.165) is 12.8 Å². The Hall–Kier alpha value is -0.960. The van der Waals surface area contributed by atoms with Gasteiger partial charge in [-0.3, -0.25) is 0 Å². The highest BCUT2D eigenvalue weighted by Gasteiger charge is 2.24. The highest BCUT2D eigenvalue weighted by atomic mass is 19.1. The molecule has 0 aromatic heterocycles. The SMILES string of the molecule is CNC1CCCc2c(F)ccc(F)c21. The molecule has 2 rings (SSSR count). The van der Waals surface area contributed by atoms with Gasteiger partial charge in [0.1, 0.15) is 11.6 Å². The lowest BCUT2D eigenvalue weighted by atomic mass is 9.87. The summed E-state index contributed by atoms with van der Waals surface area (Å²) in [5.41, 5.74) is 1.08. The monoisotopic (exact) mass is 197 g/mol. The maximum Gasteiger partial charge on any atom is 0.128 e. The van der Waals surface area contributed by atoms with Gasteiger partial charge in [-0.1, -0.05) is 0 Å². The topological polar surface area (TPSA) is 12.0 Å². The second-order valence-corrected chi connectivity index (χ2v) is 3.65. The van der Waals surface area contributed by atoms with E-state index < -0.39 is 0 Å². The zero-order valence-electron chi connectivity index (χ0n) is 8.11. The van der Waals surface area contributed by atoms with E-state index in [0.29, 0.717) is 17.5 Å². The van der Waals surface area contributed by atoms with Crippen LogP contribution in [0.2, 0.25) is 0 Å². The molecule has 1 N–H and O–H groups in total. The van der Waals surface area contributed by atoms with Crippen LogP contribution < -0.4 is 5.32 Å². The average Bonchev–Trinajstić information content (AvgIpc) is 2.23. The first-order valence-corrected chi connectivity index (χ1v) is 4.88. The Labute approximate surface area is 82.1 Å². The van der Waals surface area contributed by atoms with Crippen molar-refractivity contribution >= 4 is 0 Å². The van der Waals surface area contributed by atoms with Crippen LogP contribution >= 0.6 is 0 Å². The van der Waals surface area contributed by atoms with E-state index in [4.69, 9.17) is 0 Å². The summed E-state index contributed by atoms with van der Waals surface area (Å²) in [7, 11) is 1.78. The fourth-order valence-corrected chi connectivity index (χ4v) is 2.16. The molecule has 1 atom stereocenters. The molecule has 0 saturated heterocycles. The van der Waals surface area contributed by atoms with Gasteiger partial charge in [-0.25, -0.2) is 8.78 Å². The lowest BCUT2D eigenvalue weighted by Crippen LogP contribution is -2.23. The molecule has 1 aromatic rings. The predicted molar refractivity (Wildman–Crippen MR) is 51.1 cm³/mol. The van der Waals surface area contributed by atoms with Gasteiger partial charge >= 0.3 is 0 Å². The van der Waals surface area contributed by atoms with Crippen molar-refractivity contribution in [3.63, 3.8) is 0 Å². The average molecular weight is 197 g/mol. The van der Waals surface area contributed by atoms with E-state index in [1.54, 1.807) is 7.05 Å². The number of hydrogen-bond donors (Lipinski definition) is 1. The van der Waals surface area contributed by atoms with Gasteiger partial charge < -0.3 is 5.32 Å². The lowest BCUT2D eigenvalue weighted by Gasteiger charge is -2.25. The summed E-state index contributed by atoms with van der Waals surface area (Å²) in [6.07, 6.45) is 2.44. The summed E-state index contributed by atoms with van der Waals surface area (Å²) in [6.45, 7) is 0. The minimum Gasteiger partial charge on any atom is -0.313 e. The van der Waals surface area contributed by atoms with E-state index >= 15 is 0 Å². The van der Waals surface area contributed by atoms with Crippen molar-refractivity contribution in [3.8, 4) is 0 Å². The van der Waals surface area contributed by atoms with Crippen molar-refractivity contribution in [2.24, 2.45) is 0 Å². The zero-order valence-corrected chi connectivity index (χ0v) is 8.11. The molecule has 0 fully saturated rings. The van der Waals surface area contributed by atoms with Gasteiger partial charge in [-0.05, 0) is 44.0 Å². The maximum atomic E-state index is 13.5. The summed E-state index contributed by atoms with van der Waals surface area (Å²) in [5.74, 6) is -0.568. The quantitative estimate of drug-likeness (QED) is 0.729. The normalized spacial score (nSPS) is 20.6. The van der Waals surface area contributed by atoms with Crippen LogP contribution in [-0.2, 0) is 6.42 Å². The highest BCUT2D eigenvalue weighted by molar-refractivity contribution is 5.34. The Kier molecular flexibility index (Phi) is 2.50. The molecule has 0 bridgehead atoms. The molecule has 3 heteroatoms. The Balaban J connectivity index is 2.55. The van der Waals surface area contributed by atoms with Crippen LogP contribution in [0.4, 0.5) is 8.78 Å². The third kappa shape index (κ3) is 1.42. The van der Waals surface area contributed by atoms with Gasteiger partial charge in [0.25, 0.3) is 0 Å². The van der Waals surface area contributed by atoms with Crippen molar-refractivity contribution in [1.29, 1.82) is 0 Å². The van der Waals surface area contributed by atoms with Crippen molar-refractivity contribution in [2.75, 3.05) is 7.05 Å². The minimum absolute atomic E-state index is 0.0329. The van der Waals surface area contributed by atoms with Crippen LogP contribution in [0.1, 0.15) is 30.0 Å². The third-order valence-corrected chi connectivity index (χ3v) is 2.86. The third-order valence-electron chi connectivity index (χ3n) is 2.86. The number of rotatable bonds is 1. The molecule has 1 aromatic carbocycles. The van der Waals surface area contributed by atoms with Crippen molar-refractivity contribution < 1.29 is 8.78 Å². The van der Waals surface area contributed by atoms with Crippen LogP contribution in [-0.4, -0.2) is 7.05 Å². The first kappa shape index (κ1) is 9.59. The Morgan fingerprint density at radius 3 is 2.71 bits per heavy atom. The summed E-state index contributed by atoms with van der Waals surface area (Å²) >= 11 is 0. The van der Waals surface area contributed by atoms with E-state index in [-0.39, 0.29) is 17.7 Å². The molecule has 0 heterocycles. The van der Waals surface area contributed by atoms with Gasteiger partial charge in [0, 0.05) is 11.6 Å². The first-order valence-electron chi connectivity index (χ1n) is 4.88. The molecule has 1 nitrogen and oxygen atoms in total. The van der Waals surface area contributed by atoms with Crippen LogP contribution in [0.5, 0.6) is 0 Å². The maximum absolute atomic E-state index is 13.5. The molecule has 0 saturated carbocycles. The highest BCUT2D eigenvalue weighted by Crippen LogP contribution is 2.32. The van der Waals surface area contributed by atoms with Gasteiger partial charge in [0.05, 0.1) is 0 Å². The first-order chi connectivity index (χ1) is 6.74. The molecular weight excluding hydrogens is 184 g/mol. The molecule has 0 radical (unpaired) electrons. The summed E-state index contributed by atoms with van der Waals surface area (Å²) < 4.78 is 26.8. The second-order valence-electron chi connectivity index (χ2n) is 3.65. The van der Waals surface area contributed by atoms with E-state index in [2.05, 4.69) is 5.32 Å². The standard InChI is InChI=1S/C11H13F2N/c1-14-10-4-2-3-7-8(12)5-6-9(13)11(7)10/h5-6,10,14H,2-4H2,1H3. The summed E-state index contributed by atoms with van der Waals surface area (Å²) in [5, 5.41) is 3.02. The number of halogens is 2. The largest absolute Gasteiger partial charge is 0.313 e. The molecular formula is C11H13F2N. The summed E-state index contributed by atoms with van der Waals surface area (Å²) in [6, 6.07) is 2.39. The molecule has 0 aliphatic heterocycles. The van der Waals surface area contributed by atoms with Gasteiger partial charge in [-0.15, -0.1) is 0 Å². The molecule has 0 spiro atoms. The van der Waals surface area contributed by atoms with Gasteiger partial charge in [0.15, 0.2) is 0 Å². The molecule has 1 aliphatic carbocycles. The Morgan fingerprint density at radius 1 is 1.29 bits per heavy atom. The van der Waals surface area contributed by atoms with Gasteiger partial charge in [0.2, 0.25) is 0 Å². The van der Waals surface area contributed by atoms with Crippen LogP contribution in [0.25, 0.3) is 0 Å². The zero-order chi connectivity index (χ0) is 10.1. The minimum atomic E-state index is -0.291. The smallest absolute Gasteiger partial charge is 0.128 e. The van der Waals surface area contributed by atoms with Crippen molar-refractivity contribution in [3.05, 3.63) is 34.9 Å². The molecule has 76 valence electrons. The number of benzene rings is 1. The van der Waals surface area contributed by atoms with Crippen LogP contribution in [0.3, 0.4) is 0 Å². The number of fused-ring (bicyclic) bond motifs is 1. The molecule has 1 aliphatic rings. The van der Waals surface area contributed by atoms with Crippen LogP contribution in [0, 0.1) is 11.6 Å². The number of nitrogens with one attached hydrogen (secondary N) is 1. The predicted octanol–water partition coefficient (Wildman–Crippen LogP) is 2.56. The van der Waals surface area contributed by atoms with Crippen molar-refractivity contribution in [2.45, 2.75) is 25.3 Å². The fraction of sp³-hybridized carbons (Fsp3) is 0.455. The van der Waals surface area contributed by atoms with Gasteiger partial charge in [-0.2, -0.15) is 0 Å². The van der Waals surface area contributed by atoms with E-state index in [9.17, 15) is 8.78 Å². The van der Waals surface area contributed by atoms with E-state index in [1.165, 1.54) is 12.1 Å². The second kappa shape index (κ2) is 3.65.